The molecule has 8 heteroatoms. The Kier molecular flexibility index (Phi) is 7.31. The van der Waals surface area contributed by atoms with Gasteiger partial charge in [-0.05, 0) is 37.6 Å². The Bertz CT molecular complexity index is 721. The molecule has 1 amide bonds. The molecule has 1 heterocycles. The number of nitrogens with zero attached hydrogens (tertiary/aromatic N) is 1. The summed E-state index contributed by atoms with van der Waals surface area (Å²) in [5.41, 5.74) is 6.16. The second-order valence-electron chi connectivity index (χ2n) is 5.14. The molecule has 2 aromatic rings. The van der Waals surface area contributed by atoms with Gasteiger partial charge in [0.1, 0.15) is 0 Å². The predicted molar refractivity (Wildman–Crippen MR) is 99.0 cm³/mol. The highest BCUT2D eigenvalue weighted by Gasteiger charge is 2.15. The van der Waals surface area contributed by atoms with Crippen molar-refractivity contribution in [2.75, 3.05) is 25.6 Å². The second kappa shape index (κ2) is 9.46. The molecule has 0 atom stereocenters. The van der Waals surface area contributed by atoms with Crippen LogP contribution in [0.5, 0.6) is 11.5 Å². The average Bonchev–Trinajstić information content (AvgIpc) is 2.61. The lowest BCUT2D eigenvalue weighted by Gasteiger charge is -2.13. The molecule has 1 aromatic heterocycles. The Morgan fingerprint density at radius 3 is 2.56 bits per heavy atom. The van der Waals surface area contributed by atoms with Gasteiger partial charge in [-0.2, -0.15) is 0 Å². The van der Waals surface area contributed by atoms with Gasteiger partial charge < -0.3 is 20.5 Å². The van der Waals surface area contributed by atoms with Crippen molar-refractivity contribution in [1.82, 2.24) is 4.98 Å². The van der Waals surface area contributed by atoms with Crippen LogP contribution in [0.1, 0.15) is 23.2 Å². The van der Waals surface area contributed by atoms with Gasteiger partial charge in [0.2, 0.25) is 0 Å². The summed E-state index contributed by atoms with van der Waals surface area (Å²) >= 11 is 12.0. The summed E-state index contributed by atoms with van der Waals surface area (Å²) in [4.78, 5) is 16.3. The summed E-state index contributed by atoms with van der Waals surface area (Å²) < 4.78 is 11.0. The van der Waals surface area contributed by atoms with E-state index in [-0.39, 0.29) is 16.0 Å². The van der Waals surface area contributed by atoms with E-state index in [9.17, 15) is 4.79 Å². The lowest BCUT2D eigenvalue weighted by molar-refractivity contribution is 0.102. The van der Waals surface area contributed by atoms with Crippen LogP contribution < -0.4 is 20.5 Å². The number of aromatic nitrogens is 1. The van der Waals surface area contributed by atoms with Gasteiger partial charge in [0.05, 0.1) is 29.4 Å². The van der Waals surface area contributed by atoms with Gasteiger partial charge in [-0.15, -0.1) is 0 Å². The molecule has 134 valence electrons. The fourth-order valence-electron chi connectivity index (χ4n) is 2.08. The van der Waals surface area contributed by atoms with Gasteiger partial charge in [-0.3, -0.25) is 9.78 Å². The predicted octanol–water partition coefficient (Wildman–Crippen LogP) is 3.77. The summed E-state index contributed by atoms with van der Waals surface area (Å²) in [5.74, 6) is 0.660. The van der Waals surface area contributed by atoms with E-state index in [0.29, 0.717) is 35.9 Å². The standard InChI is InChI=1S/C17H19Cl2N3O3/c1-24-14-5-4-11(8-15(14)25-7-3-2-6-20)17(23)22-16-12(18)9-21-10-13(16)19/h4-5,8-10H,2-3,6-7,20H2,1H3,(H,21,22,23). The summed E-state index contributed by atoms with van der Waals surface area (Å²) in [6, 6.07) is 4.91. The number of nitrogens with one attached hydrogen (secondary N) is 1. The highest BCUT2D eigenvalue weighted by Crippen LogP contribution is 2.31. The fraction of sp³-hybridized carbons (Fsp3) is 0.294. The van der Waals surface area contributed by atoms with Gasteiger partial charge in [-0.25, -0.2) is 0 Å². The molecule has 0 spiro atoms. The number of carbonyl (C=O) groups is 1. The van der Waals surface area contributed by atoms with Crippen LogP contribution in [0.3, 0.4) is 0 Å². The number of anilines is 1. The van der Waals surface area contributed by atoms with E-state index < -0.39 is 0 Å². The zero-order valence-electron chi connectivity index (χ0n) is 13.7. The van der Waals surface area contributed by atoms with Gasteiger partial charge >= 0.3 is 0 Å². The maximum Gasteiger partial charge on any atom is 0.255 e. The molecule has 0 unspecified atom stereocenters. The molecule has 0 aliphatic heterocycles. The molecule has 0 aliphatic rings. The Morgan fingerprint density at radius 1 is 1.20 bits per heavy atom. The normalized spacial score (nSPS) is 10.4. The molecule has 2 rings (SSSR count). The number of unbranched alkanes of at least 4 members (excludes halogenated alkanes) is 1. The van der Waals surface area contributed by atoms with Crippen LogP contribution in [-0.4, -0.2) is 31.2 Å². The first-order chi connectivity index (χ1) is 12.1. The molecule has 3 N–H and O–H groups in total. The molecule has 0 fully saturated rings. The number of rotatable bonds is 8. The number of methoxy groups -OCH3 is 1. The van der Waals surface area contributed by atoms with Crippen LogP contribution in [0.15, 0.2) is 30.6 Å². The van der Waals surface area contributed by atoms with Crippen molar-refractivity contribution < 1.29 is 14.3 Å². The highest BCUT2D eigenvalue weighted by molar-refractivity contribution is 6.39. The number of nitrogens with two attached hydrogens (primary N) is 1. The molecule has 0 saturated heterocycles. The number of halogens is 2. The number of ether oxygens (including phenoxy) is 2. The van der Waals surface area contributed by atoms with Crippen LogP contribution in [0.25, 0.3) is 0 Å². The number of carbonyl (C=O) groups excluding carboxylic acids is 1. The lowest BCUT2D eigenvalue weighted by Crippen LogP contribution is -2.13. The Labute approximate surface area is 156 Å². The first-order valence-electron chi connectivity index (χ1n) is 7.68. The second-order valence-corrected chi connectivity index (χ2v) is 5.96. The largest absolute Gasteiger partial charge is 0.493 e. The fourth-order valence-corrected chi connectivity index (χ4v) is 2.53. The van der Waals surface area contributed by atoms with Crippen LogP contribution in [0.4, 0.5) is 5.69 Å². The molecule has 0 radical (unpaired) electrons. The zero-order chi connectivity index (χ0) is 18.2. The van der Waals surface area contributed by atoms with Crippen molar-refractivity contribution >= 4 is 34.8 Å². The maximum atomic E-state index is 12.5. The molecular formula is C17H19Cl2N3O3. The van der Waals surface area contributed by atoms with Crippen LogP contribution in [0.2, 0.25) is 10.0 Å². The van der Waals surface area contributed by atoms with Crippen LogP contribution in [0, 0.1) is 0 Å². The van der Waals surface area contributed by atoms with Crippen molar-refractivity contribution in [3.8, 4) is 11.5 Å². The van der Waals surface area contributed by atoms with Crippen molar-refractivity contribution in [1.29, 1.82) is 0 Å². The van der Waals surface area contributed by atoms with Crippen LogP contribution >= 0.6 is 23.2 Å². The number of benzene rings is 1. The Hall–Kier alpha value is -2.02. The molecule has 0 aliphatic carbocycles. The minimum absolute atomic E-state index is 0.257. The minimum Gasteiger partial charge on any atom is -0.493 e. The molecule has 1 aromatic carbocycles. The minimum atomic E-state index is -0.371. The SMILES string of the molecule is COc1ccc(C(=O)Nc2c(Cl)cncc2Cl)cc1OCCCCN. The van der Waals surface area contributed by atoms with E-state index in [1.54, 1.807) is 25.3 Å². The van der Waals surface area contributed by atoms with E-state index in [1.165, 1.54) is 12.4 Å². The maximum absolute atomic E-state index is 12.5. The first-order valence-corrected chi connectivity index (χ1v) is 8.43. The quantitative estimate of drug-likeness (QED) is 0.677. The monoisotopic (exact) mass is 383 g/mol. The average molecular weight is 384 g/mol. The van der Waals surface area contributed by atoms with Gasteiger partial charge in [0.25, 0.3) is 5.91 Å². The van der Waals surface area contributed by atoms with Crippen molar-refractivity contribution in [3.05, 3.63) is 46.2 Å². The van der Waals surface area contributed by atoms with E-state index in [1.807, 2.05) is 0 Å². The van der Waals surface area contributed by atoms with Crippen molar-refractivity contribution in [2.24, 2.45) is 5.73 Å². The van der Waals surface area contributed by atoms with E-state index in [0.717, 1.165) is 12.8 Å². The number of hydrogen-bond acceptors (Lipinski definition) is 5. The molecule has 25 heavy (non-hydrogen) atoms. The van der Waals surface area contributed by atoms with Gasteiger partial charge in [0, 0.05) is 18.0 Å². The van der Waals surface area contributed by atoms with E-state index in [4.69, 9.17) is 38.4 Å². The number of hydrogen-bond donors (Lipinski definition) is 2. The number of pyridine rings is 1. The zero-order valence-corrected chi connectivity index (χ0v) is 15.2. The topological polar surface area (TPSA) is 86.5 Å². The van der Waals surface area contributed by atoms with E-state index in [2.05, 4.69) is 10.3 Å². The van der Waals surface area contributed by atoms with Crippen molar-refractivity contribution in [2.45, 2.75) is 12.8 Å². The van der Waals surface area contributed by atoms with Gasteiger partial charge in [-0.1, -0.05) is 23.2 Å². The summed E-state index contributed by atoms with van der Waals surface area (Å²) in [7, 11) is 1.54. The lowest BCUT2D eigenvalue weighted by atomic mass is 10.2. The molecule has 0 saturated carbocycles. The third-order valence-corrected chi connectivity index (χ3v) is 3.95. The van der Waals surface area contributed by atoms with E-state index >= 15 is 0 Å². The van der Waals surface area contributed by atoms with Crippen molar-refractivity contribution in [3.63, 3.8) is 0 Å². The Balaban J connectivity index is 2.16. The first kappa shape index (κ1) is 19.3. The Morgan fingerprint density at radius 2 is 1.92 bits per heavy atom. The third kappa shape index (κ3) is 5.22. The summed E-state index contributed by atoms with van der Waals surface area (Å²) in [6.45, 7) is 1.09. The summed E-state index contributed by atoms with van der Waals surface area (Å²) in [5, 5.41) is 3.19. The van der Waals surface area contributed by atoms with Gasteiger partial charge in [0.15, 0.2) is 11.5 Å². The molecular weight excluding hydrogens is 365 g/mol. The molecule has 6 nitrogen and oxygen atoms in total. The third-order valence-electron chi connectivity index (χ3n) is 3.37. The smallest absolute Gasteiger partial charge is 0.255 e. The number of amides is 1. The highest BCUT2D eigenvalue weighted by atomic mass is 35.5. The van der Waals surface area contributed by atoms with Crippen LogP contribution in [-0.2, 0) is 0 Å². The summed E-state index contributed by atoms with van der Waals surface area (Å²) in [6.07, 6.45) is 4.49. The molecule has 0 bridgehead atoms.